The molecule has 3 unspecified atom stereocenters. The molecular formula is C12H16N2O. The van der Waals surface area contributed by atoms with Crippen molar-refractivity contribution in [2.75, 3.05) is 0 Å². The van der Waals surface area contributed by atoms with Gasteiger partial charge in [0.25, 0.3) is 0 Å². The quantitative estimate of drug-likeness (QED) is 0.802. The van der Waals surface area contributed by atoms with E-state index in [2.05, 4.69) is 22.6 Å². The third-order valence-electron chi connectivity index (χ3n) is 3.56. The summed E-state index contributed by atoms with van der Waals surface area (Å²) in [4.78, 5) is 0. The lowest BCUT2D eigenvalue weighted by Crippen LogP contribution is -2.35. The fourth-order valence-corrected chi connectivity index (χ4v) is 2.81. The van der Waals surface area contributed by atoms with Crippen LogP contribution in [0.5, 0.6) is 0 Å². The summed E-state index contributed by atoms with van der Waals surface area (Å²) in [6, 6.07) is 3.35. The maximum Gasteiger partial charge on any atom is 0.159 e. The molecule has 3 heteroatoms. The van der Waals surface area contributed by atoms with E-state index in [4.69, 9.17) is 4.52 Å². The Labute approximate surface area is 89.5 Å². The van der Waals surface area contributed by atoms with E-state index in [1.807, 2.05) is 6.07 Å². The van der Waals surface area contributed by atoms with E-state index in [1.54, 1.807) is 6.20 Å². The van der Waals surface area contributed by atoms with Crippen molar-refractivity contribution >= 4 is 6.08 Å². The standard InChI is InChI=1S/C12H16N2O/c1-2-10-8-9(12(3-1)14-10)4-5-11-6-7-13-15-11/h4-7,9-10,12,14H,1-3,8H2/b5-4-. The van der Waals surface area contributed by atoms with Crippen LogP contribution in [0.4, 0.5) is 0 Å². The second-order valence-corrected chi connectivity index (χ2v) is 4.57. The van der Waals surface area contributed by atoms with Gasteiger partial charge in [0, 0.05) is 18.2 Å². The van der Waals surface area contributed by atoms with Crippen LogP contribution in [0.15, 0.2) is 22.9 Å². The highest BCUT2D eigenvalue weighted by molar-refractivity contribution is 5.42. The first-order valence-electron chi connectivity index (χ1n) is 5.77. The van der Waals surface area contributed by atoms with Gasteiger partial charge in [0.05, 0.1) is 6.20 Å². The Morgan fingerprint density at radius 3 is 3.27 bits per heavy atom. The summed E-state index contributed by atoms with van der Waals surface area (Å²) in [7, 11) is 0. The van der Waals surface area contributed by atoms with Gasteiger partial charge in [0.2, 0.25) is 0 Å². The minimum atomic E-state index is 0.683. The minimum absolute atomic E-state index is 0.683. The minimum Gasteiger partial charge on any atom is -0.357 e. The van der Waals surface area contributed by atoms with E-state index in [1.165, 1.54) is 25.7 Å². The van der Waals surface area contributed by atoms with Crippen LogP contribution in [-0.2, 0) is 0 Å². The molecule has 1 aromatic heterocycles. The SMILES string of the molecule is C(=C/C1CC2CCCC1N2)/c1ccno1. The van der Waals surface area contributed by atoms with E-state index in [9.17, 15) is 0 Å². The predicted octanol–water partition coefficient (Wildman–Crippen LogP) is 2.22. The lowest BCUT2D eigenvalue weighted by molar-refractivity contribution is 0.392. The number of hydrogen-bond acceptors (Lipinski definition) is 3. The van der Waals surface area contributed by atoms with Crippen molar-refractivity contribution in [3.05, 3.63) is 24.1 Å². The molecule has 0 aliphatic carbocycles. The van der Waals surface area contributed by atoms with Gasteiger partial charge in [-0.25, -0.2) is 0 Å². The van der Waals surface area contributed by atoms with Crippen molar-refractivity contribution in [1.82, 2.24) is 10.5 Å². The first-order chi connectivity index (χ1) is 7.42. The largest absolute Gasteiger partial charge is 0.357 e. The number of rotatable bonds is 2. The van der Waals surface area contributed by atoms with Gasteiger partial charge in [-0.1, -0.05) is 17.7 Å². The molecule has 0 spiro atoms. The molecule has 1 N–H and O–H groups in total. The van der Waals surface area contributed by atoms with Gasteiger partial charge in [-0.05, 0) is 31.3 Å². The maximum atomic E-state index is 5.05. The van der Waals surface area contributed by atoms with Crippen LogP contribution in [0, 0.1) is 5.92 Å². The highest BCUT2D eigenvalue weighted by Crippen LogP contribution is 2.32. The van der Waals surface area contributed by atoms with Crippen LogP contribution < -0.4 is 5.32 Å². The lowest BCUT2D eigenvalue weighted by atomic mass is 9.98. The molecule has 2 aliphatic heterocycles. The molecule has 2 fully saturated rings. The second kappa shape index (κ2) is 3.81. The van der Waals surface area contributed by atoms with Gasteiger partial charge in [0.1, 0.15) is 0 Å². The summed E-state index contributed by atoms with van der Waals surface area (Å²) in [5, 5.41) is 7.37. The Balaban J connectivity index is 1.68. The Bertz CT molecular complexity index is 345. The average Bonchev–Trinajstić information content (AvgIpc) is 2.85. The van der Waals surface area contributed by atoms with Crippen molar-refractivity contribution in [3.8, 4) is 0 Å². The predicted molar refractivity (Wildman–Crippen MR) is 58.2 cm³/mol. The summed E-state index contributed by atoms with van der Waals surface area (Å²) in [6.45, 7) is 0. The zero-order chi connectivity index (χ0) is 10.1. The highest BCUT2D eigenvalue weighted by Gasteiger charge is 2.34. The van der Waals surface area contributed by atoms with Gasteiger partial charge in [-0.3, -0.25) is 0 Å². The smallest absolute Gasteiger partial charge is 0.159 e. The molecule has 3 atom stereocenters. The zero-order valence-electron chi connectivity index (χ0n) is 8.73. The lowest BCUT2D eigenvalue weighted by Gasteiger charge is -2.21. The second-order valence-electron chi connectivity index (χ2n) is 4.57. The molecule has 2 saturated heterocycles. The van der Waals surface area contributed by atoms with Gasteiger partial charge >= 0.3 is 0 Å². The van der Waals surface area contributed by atoms with Gasteiger partial charge in [-0.2, -0.15) is 0 Å². The van der Waals surface area contributed by atoms with Gasteiger partial charge in [-0.15, -0.1) is 0 Å². The number of aromatic nitrogens is 1. The highest BCUT2D eigenvalue weighted by atomic mass is 16.5. The number of fused-ring (bicyclic) bond motifs is 2. The molecule has 3 rings (SSSR count). The van der Waals surface area contributed by atoms with E-state index in [0.717, 1.165) is 11.8 Å². The summed E-state index contributed by atoms with van der Waals surface area (Å²) in [5.74, 6) is 1.54. The van der Waals surface area contributed by atoms with E-state index < -0.39 is 0 Å². The Hall–Kier alpha value is -1.09. The van der Waals surface area contributed by atoms with Crippen LogP contribution in [0.25, 0.3) is 6.08 Å². The monoisotopic (exact) mass is 204 g/mol. The molecule has 1 aromatic rings. The topological polar surface area (TPSA) is 38.1 Å². The molecule has 2 aliphatic rings. The van der Waals surface area contributed by atoms with Crippen LogP contribution >= 0.6 is 0 Å². The van der Waals surface area contributed by atoms with E-state index in [0.29, 0.717) is 12.0 Å². The van der Waals surface area contributed by atoms with Gasteiger partial charge < -0.3 is 9.84 Å². The summed E-state index contributed by atoms with van der Waals surface area (Å²) in [5.41, 5.74) is 0. The molecule has 2 bridgehead atoms. The van der Waals surface area contributed by atoms with Crippen LogP contribution in [0.3, 0.4) is 0 Å². The molecule has 0 radical (unpaired) electrons. The Kier molecular flexibility index (Phi) is 2.33. The molecule has 0 saturated carbocycles. The molecule has 0 amide bonds. The molecule has 3 heterocycles. The fourth-order valence-electron chi connectivity index (χ4n) is 2.81. The van der Waals surface area contributed by atoms with E-state index >= 15 is 0 Å². The summed E-state index contributed by atoms with van der Waals surface area (Å²) < 4.78 is 5.05. The van der Waals surface area contributed by atoms with Crippen molar-refractivity contribution in [2.45, 2.75) is 37.8 Å². The van der Waals surface area contributed by atoms with Crippen LogP contribution in [-0.4, -0.2) is 17.2 Å². The summed E-state index contributed by atoms with van der Waals surface area (Å²) >= 11 is 0. The number of nitrogens with zero attached hydrogens (tertiary/aromatic N) is 1. The number of nitrogens with one attached hydrogen (secondary N) is 1. The van der Waals surface area contributed by atoms with Crippen molar-refractivity contribution in [1.29, 1.82) is 0 Å². The van der Waals surface area contributed by atoms with Crippen LogP contribution in [0.1, 0.15) is 31.4 Å². The van der Waals surface area contributed by atoms with E-state index in [-0.39, 0.29) is 0 Å². The normalized spacial score (nSPS) is 35.1. The van der Waals surface area contributed by atoms with Crippen molar-refractivity contribution in [2.24, 2.45) is 5.92 Å². The average molecular weight is 204 g/mol. The molecule has 15 heavy (non-hydrogen) atoms. The first kappa shape index (κ1) is 9.16. The molecule has 80 valence electrons. The van der Waals surface area contributed by atoms with Crippen molar-refractivity contribution < 1.29 is 4.52 Å². The Morgan fingerprint density at radius 2 is 2.47 bits per heavy atom. The fraction of sp³-hybridized carbons (Fsp3) is 0.583. The number of hydrogen-bond donors (Lipinski definition) is 1. The number of piperidine rings is 1. The Morgan fingerprint density at radius 1 is 1.47 bits per heavy atom. The third kappa shape index (κ3) is 1.84. The third-order valence-corrected chi connectivity index (χ3v) is 3.56. The maximum absolute atomic E-state index is 5.05. The van der Waals surface area contributed by atoms with Gasteiger partial charge in [0.15, 0.2) is 5.76 Å². The molecule has 3 nitrogen and oxygen atoms in total. The molecule has 0 aromatic carbocycles. The van der Waals surface area contributed by atoms with Crippen molar-refractivity contribution in [3.63, 3.8) is 0 Å². The summed E-state index contributed by atoms with van der Waals surface area (Å²) in [6.07, 6.45) is 11.4. The zero-order valence-corrected chi connectivity index (χ0v) is 8.73. The molecular weight excluding hydrogens is 188 g/mol. The van der Waals surface area contributed by atoms with Crippen LogP contribution in [0.2, 0.25) is 0 Å². The first-order valence-corrected chi connectivity index (χ1v) is 5.77.